The number of H-pyrrole nitrogens is 1. The first-order valence-electron chi connectivity index (χ1n) is 6.38. The Morgan fingerprint density at radius 3 is 2.76 bits per heavy atom. The van der Waals surface area contributed by atoms with Gasteiger partial charge in [0, 0.05) is 35.8 Å². The second-order valence-corrected chi connectivity index (χ2v) is 5.62. The number of nitrogens with zero attached hydrogens (tertiary/aromatic N) is 3. The molecule has 0 aliphatic rings. The number of hydrogen-bond donors (Lipinski definition) is 2. The zero-order chi connectivity index (χ0) is 14.7. The van der Waals surface area contributed by atoms with E-state index in [1.54, 1.807) is 18.0 Å². The largest absolute Gasteiger partial charge is 0.364 e. The standard InChI is InChI=1S/C13H19N5OS.ClH/c1-8-5-15-10(9(2)12(8)19)7-20-13-17-16-11(6-14-3)18(13)4;/h5,14H,6-7H2,1-4H3,(H,15,19);1H. The van der Waals surface area contributed by atoms with E-state index in [1.165, 1.54) is 0 Å². The van der Waals surface area contributed by atoms with Crippen molar-refractivity contribution in [2.45, 2.75) is 31.3 Å². The molecular formula is C13H20ClN5OS. The molecule has 0 unspecified atom stereocenters. The predicted octanol–water partition coefficient (Wildman–Crippen LogP) is 1.55. The van der Waals surface area contributed by atoms with Crippen molar-refractivity contribution in [1.29, 1.82) is 0 Å². The van der Waals surface area contributed by atoms with E-state index in [-0.39, 0.29) is 17.8 Å². The average Bonchev–Trinajstić information content (AvgIpc) is 2.77. The van der Waals surface area contributed by atoms with Crippen LogP contribution in [0.25, 0.3) is 0 Å². The number of thioether (sulfide) groups is 1. The molecule has 6 nitrogen and oxygen atoms in total. The third-order valence-corrected chi connectivity index (χ3v) is 4.27. The summed E-state index contributed by atoms with van der Waals surface area (Å²) in [6, 6.07) is 0. The first-order valence-corrected chi connectivity index (χ1v) is 7.36. The Labute approximate surface area is 134 Å². The van der Waals surface area contributed by atoms with Crippen molar-refractivity contribution >= 4 is 24.2 Å². The Morgan fingerprint density at radius 2 is 2.10 bits per heavy atom. The van der Waals surface area contributed by atoms with E-state index in [0.717, 1.165) is 27.8 Å². The Kier molecular flexibility index (Phi) is 6.44. The molecular weight excluding hydrogens is 310 g/mol. The minimum Gasteiger partial charge on any atom is -0.364 e. The minimum atomic E-state index is 0. The van der Waals surface area contributed by atoms with Gasteiger partial charge < -0.3 is 14.9 Å². The van der Waals surface area contributed by atoms with Gasteiger partial charge in [0.05, 0.1) is 6.54 Å². The van der Waals surface area contributed by atoms with Gasteiger partial charge in [0.1, 0.15) is 5.82 Å². The number of aromatic amines is 1. The second-order valence-electron chi connectivity index (χ2n) is 4.68. The third kappa shape index (κ3) is 3.87. The highest BCUT2D eigenvalue weighted by molar-refractivity contribution is 7.98. The van der Waals surface area contributed by atoms with Crippen LogP contribution in [-0.2, 0) is 19.3 Å². The highest BCUT2D eigenvalue weighted by atomic mass is 35.5. The molecule has 8 heteroatoms. The monoisotopic (exact) mass is 329 g/mol. The highest BCUT2D eigenvalue weighted by Crippen LogP contribution is 2.20. The van der Waals surface area contributed by atoms with Gasteiger partial charge in [-0.1, -0.05) is 11.8 Å². The molecule has 0 spiro atoms. The van der Waals surface area contributed by atoms with Crippen LogP contribution in [0.15, 0.2) is 16.1 Å². The summed E-state index contributed by atoms with van der Waals surface area (Å²) >= 11 is 1.57. The van der Waals surface area contributed by atoms with E-state index in [9.17, 15) is 4.79 Å². The number of hydrogen-bond acceptors (Lipinski definition) is 5. The fourth-order valence-corrected chi connectivity index (χ4v) is 2.84. The molecule has 0 aromatic carbocycles. The maximum atomic E-state index is 11.9. The van der Waals surface area contributed by atoms with Crippen LogP contribution in [0.4, 0.5) is 0 Å². The average molecular weight is 330 g/mol. The topological polar surface area (TPSA) is 75.6 Å². The number of aryl methyl sites for hydroxylation is 1. The molecule has 0 fully saturated rings. The van der Waals surface area contributed by atoms with Crippen LogP contribution < -0.4 is 10.7 Å². The van der Waals surface area contributed by atoms with Crippen molar-refractivity contribution in [3.8, 4) is 0 Å². The predicted molar refractivity (Wildman–Crippen MR) is 87.1 cm³/mol. The zero-order valence-corrected chi connectivity index (χ0v) is 14.2. The summed E-state index contributed by atoms with van der Waals surface area (Å²) in [6.45, 7) is 4.35. The molecule has 21 heavy (non-hydrogen) atoms. The van der Waals surface area contributed by atoms with Crippen LogP contribution >= 0.6 is 24.2 Å². The second kappa shape index (κ2) is 7.63. The van der Waals surface area contributed by atoms with E-state index in [4.69, 9.17) is 0 Å². The van der Waals surface area contributed by atoms with Crippen LogP contribution in [0.3, 0.4) is 0 Å². The van der Waals surface area contributed by atoms with E-state index in [0.29, 0.717) is 12.3 Å². The molecule has 2 aromatic rings. The first kappa shape index (κ1) is 17.7. The van der Waals surface area contributed by atoms with Crippen LogP contribution in [0.1, 0.15) is 22.6 Å². The van der Waals surface area contributed by atoms with E-state index in [1.807, 2.05) is 32.5 Å². The number of pyridine rings is 1. The molecule has 0 atom stereocenters. The van der Waals surface area contributed by atoms with E-state index in [2.05, 4.69) is 20.5 Å². The van der Waals surface area contributed by atoms with Gasteiger partial charge >= 0.3 is 0 Å². The van der Waals surface area contributed by atoms with E-state index < -0.39 is 0 Å². The fourth-order valence-electron chi connectivity index (χ4n) is 1.87. The molecule has 2 heterocycles. The van der Waals surface area contributed by atoms with Crippen LogP contribution in [-0.4, -0.2) is 26.8 Å². The molecule has 0 aliphatic heterocycles. The molecule has 2 rings (SSSR count). The lowest BCUT2D eigenvalue weighted by Gasteiger charge is -2.06. The van der Waals surface area contributed by atoms with Gasteiger partial charge in [0.25, 0.3) is 0 Å². The molecule has 0 radical (unpaired) electrons. The lowest BCUT2D eigenvalue weighted by atomic mass is 10.2. The molecule has 0 aliphatic carbocycles. The molecule has 0 saturated heterocycles. The van der Waals surface area contributed by atoms with E-state index >= 15 is 0 Å². The van der Waals surface area contributed by atoms with Crippen LogP contribution in [0.2, 0.25) is 0 Å². The maximum Gasteiger partial charge on any atom is 0.191 e. The lowest BCUT2D eigenvalue weighted by Crippen LogP contribution is -2.13. The molecule has 0 amide bonds. The summed E-state index contributed by atoms with van der Waals surface area (Å²) in [7, 11) is 3.82. The molecule has 116 valence electrons. The van der Waals surface area contributed by atoms with Crippen molar-refractivity contribution in [1.82, 2.24) is 25.1 Å². The Balaban J connectivity index is 0.00000220. The third-order valence-electron chi connectivity index (χ3n) is 3.22. The molecule has 2 aromatic heterocycles. The molecule has 0 bridgehead atoms. The normalized spacial score (nSPS) is 10.5. The number of aromatic nitrogens is 4. The summed E-state index contributed by atoms with van der Waals surface area (Å²) in [5, 5.41) is 12.2. The number of rotatable bonds is 5. The van der Waals surface area contributed by atoms with Gasteiger partial charge in [0.2, 0.25) is 0 Å². The van der Waals surface area contributed by atoms with Crippen LogP contribution in [0, 0.1) is 13.8 Å². The van der Waals surface area contributed by atoms with Gasteiger partial charge in [-0.3, -0.25) is 4.79 Å². The maximum absolute atomic E-state index is 11.9. The van der Waals surface area contributed by atoms with Crippen molar-refractivity contribution in [2.24, 2.45) is 7.05 Å². The summed E-state index contributed by atoms with van der Waals surface area (Å²) in [5.74, 6) is 1.57. The van der Waals surface area contributed by atoms with Crippen molar-refractivity contribution < 1.29 is 0 Å². The van der Waals surface area contributed by atoms with Gasteiger partial charge in [-0.05, 0) is 20.9 Å². The Hall–Kier alpha value is -1.31. The Morgan fingerprint density at radius 1 is 1.38 bits per heavy atom. The minimum absolute atomic E-state index is 0. The highest BCUT2D eigenvalue weighted by Gasteiger charge is 2.11. The SMILES string of the molecule is CNCc1nnc(SCc2[nH]cc(C)c(=O)c2C)n1C.Cl. The molecule has 0 saturated carbocycles. The zero-order valence-electron chi connectivity index (χ0n) is 12.6. The number of halogens is 1. The van der Waals surface area contributed by atoms with Crippen molar-refractivity contribution in [3.63, 3.8) is 0 Å². The Bertz CT molecular complexity index is 667. The lowest BCUT2D eigenvalue weighted by molar-refractivity contribution is 0.682. The summed E-state index contributed by atoms with van der Waals surface area (Å²) in [6.07, 6.45) is 1.76. The van der Waals surface area contributed by atoms with Gasteiger partial charge in [-0.15, -0.1) is 22.6 Å². The smallest absolute Gasteiger partial charge is 0.191 e. The molecule has 2 N–H and O–H groups in total. The summed E-state index contributed by atoms with van der Waals surface area (Å²) in [4.78, 5) is 15.1. The quantitative estimate of drug-likeness (QED) is 0.814. The van der Waals surface area contributed by atoms with Gasteiger partial charge in [0.15, 0.2) is 10.6 Å². The van der Waals surface area contributed by atoms with Gasteiger partial charge in [-0.25, -0.2) is 0 Å². The fraction of sp³-hybridized carbons (Fsp3) is 0.462. The van der Waals surface area contributed by atoms with Crippen LogP contribution in [0.5, 0.6) is 0 Å². The van der Waals surface area contributed by atoms with Crippen molar-refractivity contribution in [2.75, 3.05) is 7.05 Å². The summed E-state index contributed by atoms with van der Waals surface area (Å²) < 4.78 is 1.96. The number of nitrogens with one attached hydrogen (secondary N) is 2. The van der Waals surface area contributed by atoms with Gasteiger partial charge in [-0.2, -0.15) is 0 Å². The summed E-state index contributed by atoms with van der Waals surface area (Å²) in [5.41, 5.74) is 2.55. The van der Waals surface area contributed by atoms with Crippen molar-refractivity contribution in [3.05, 3.63) is 39.1 Å². The first-order chi connectivity index (χ1) is 9.54.